The average molecular weight is 409 g/mol. The van der Waals surface area contributed by atoms with Crippen molar-refractivity contribution in [3.63, 3.8) is 0 Å². The molecule has 1 fully saturated rings. The zero-order valence-electron chi connectivity index (χ0n) is 17.7. The van der Waals surface area contributed by atoms with Gasteiger partial charge in [-0.2, -0.15) is 0 Å². The molecule has 1 heterocycles. The van der Waals surface area contributed by atoms with Crippen molar-refractivity contribution >= 4 is 17.5 Å². The molecule has 2 amide bonds. The van der Waals surface area contributed by atoms with Gasteiger partial charge < -0.3 is 4.90 Å². The Balaban J connectivity index is 1.38. The van der Waals surface area contributed by atoms with Crippen LogP contribution in [0.3, 0.4) is 0 Å². The molecule has 30 heavy (non-hydrogen) atoms. The Morgan fingerprint density at radius 3 is 2.17 bits per heavy atom. The van der Waals surface area contributed by atoms with E-state index in [1.165, 1.54) is 5.69 Å². The van der Waals surface area contributed by atoms with Crippen molar-refractivity contribution in [3.8, 4) is 0 Å². The number of hydrazine groups is 1. The van der Waals surface area contributed by atoms with Gasteiger partial charge in [-0.3, -0.25) is 25.3 Å². The van der Waals surface area contributed by atoms with Gasteiger partial charge in [-0.15, -0.1) is 0 Å². The molecule has 1 atom stereocenters. The third-order valence-corrected chi connectivity index (χ3v) is 5.57. The van der Waals surface area contributed by atoms with Gasteiger partial charge in [-0.05, 0) is 24.1 Å². The van der Waals surface area contributed by atoms with Gasteiger partial charge in [0.2, 0.25) is 11.8 Å². The van der Waals surface area contributed by atoms with Gasteiger partial charge in [-0.1, -0.05) is 61.9 Å². The summed E-state index contributed by atoms with van der Waals surface area (Å²) in [5.74, 6) is -0.562. The molecule has 0 aliphatic carbocycles. The van der Waals surface area contributed by atoms with E-state index in [9.17, 15) is 9.59 Å². The number of nitrogens with zero attached hydrogens (tertiary/aromatic N) is 2. The second kappa shape index (κ2) is 11.4. The Morgan fingerprint density at radius 1 is 0.900 bits per heavy atom. The number of hydrogen-bond donors (Lipinski definition) is 2. The van der Waals surface area contributed by atoms with E-state index in [0.29, 0.717) is 13.0 Å². The van der Waals surface area contributed by atoms with Gasteiger partial charge in [0.05, 0.1) is 5.92 Å². The highest BCUT2D eigenvalue weighted by molar-refractivity contribution is 5.86. The highest BCUT2D eigenvalue weighted by Crippen LogP contribution is 2.21. The molecule has 160 valence electrons. The molecule has 0 saturated carbocycles. The topological polar surface area (TPSA) is 64.7 Å². The lowest BCUT2D eigenvalue weighted by Crippen LogP contribution is -2.48. The van der Waals surface area contributed by atoms with Crippen LogP contribution in [0.4, 0.5) is 5.69 Å². The van der Waals surface area contributed by atoms with Crippen LogP contribution in [0.1, 0.15) is 37.7 Å². The molecule has 2 aromatic carbocycles. The van der Waals surface area contributed by atoms with E-state index < -0.39 is 0 Å². The van der Waals surface area contributed by atoms with Crippen molar-refractivity contribution in [3.05, 3.63) is 66.2 Å². The molecule has 0 spiro atoms. The summed E-state index contributed by atoms with van der Waals surface area (Å²) < 4.78 is 0. The molecule has 1 saturated heterocycles. The Labute approximate surface area is 179 Å². The molecule has 1 aliphatic heterocycles. The van der Waals surface area contributed by atoms with Crippen LogP contribution >= 0.6 is 0 Å². The van der Waals surface area contributed by atoms with Crippen LogP contribution < -0.4 is 15.8 Å². The summed E-state index contributed by atoms with van der Waals surface area (Å²) in [4.78, 5) is 29.5. The predicted octanol–water partition coefficient (Wildman–Crippen LogP) is 2.93. The van der Waals surface area contributed by atoms with E-state index in [1.54, 1.807) is 0 Å². The first-order valence-electron chi connectivity index (χ1n) is 10.8. The van der Waals surface area contributed by atoms with E-state index in [1.807, 2.05) is 36.4 Å². The van der Waals surface area contributed by atoms with Crippen molar-refractivity contribution in [2.24, 2.45) is 0 Å². The Kier molecular flexibility index (Phi) is 8.27. The summed E-state index contributed by atoms with van der Waals surface area (Å²) in [6.07, 6.45) is 2.02. The third-order valence-electron chi connectivity index (χ3n) is 5.57. The molecule has 0 radical (unpaired) electrons. The van der Waals surface area contributed by atoms with Crippen LogP contribution in [0.5, 0.6) is 0 Å². The van der Waals surface area contributed by atoms with Gasteiger partial charge in [-0.25, -0.2) is 0 Å². The Morgan fingerprint density at radius 2 is 1.53 bits per heavy atom. The number of carbonyl (C=O) groups excluding carboxylic acids is 2. The Bertz CT molecular complexity index is 789. The van der Waals surface area contributed by atoms with E-state index in [0.717, 1.165) is 44.6 Å². The largest absolute Gasteiger partial charge is 0.369 e. The maximum atomic E-state index is 12.6. The summed E-state index contributed by atoms with van der Waals surface area (Å²) in [7, 11) is 0. The minimum Gasteiger partial charge on any atom is -0.369 e. The SMILES string of the molecule is CCCC(C(=O)NNC(=O)CCN1CCN(c2ccccc2)CC1)c1ccccc1. The van der Waals surface area contributed by atoms with Crippen molar-refractivity contribution < 1.29 is 9.59 Å². The fourth-order valence-corrected chi connectivity index (χ4v) is 3.83. The first-order chi connectivity index (χ1) is 14.7. The maximum absolute atomic E-state index is 12.6. The monoisotopic (exact) mass is 408 g/mol. The van der Waals surface area contributed by atoms with Crippen molar-refractivity contribution in [2.75, 3.05) is 37.6 Å². The number of anilines is 1. The second-order valence-corrected chi connectivity index (χ2v) is 7.70. The molecule has 3 rings (SSSR count). The molecule has 6 heteroatoms. The minimum absolute atomic E-state index is 0.155. The molecule has 0 bridgehead atoms. The lowest BCUT2D eigenvalue weighted by atomic mass is 9.94. The first-order valence-corrected chi connectivity index (χ1v) is 10.8. The third kappa shape index (κ3) is 6.32. The second-order valence-electron chi connectivity index (χ2n) is 7.70. The predicted molar refractivity (Wildman–Crippen MR) is 120 cm³/mol. The van der Waals surface area contributed by atoms with E-state index in [2.05, 4.69) is 51.8 Å². The van der Waals surface area contributed by atoms with E-state index in [4.69, 9.17) is 0 Å². The normalized spacial score (nSPS) is 15.4. The summed E-state index contributed by atoms with van der Waals surface area (Å²) in [5, 5.41) is 0. The number of amides is 2. The van der Waals surface area contributed by atoms with Crippen LogP contribution in [-0.2, 0) is 9.59 Å². The number of rotatable bonds is 8. The quantitative estimate of drug-likeness (QED) is 0.659. The number of para-hydroxylation sites is 1. The van der Waals surface area contributed by atoms with Gasteiger partial charge in [0.1, 0.15) is 0 Å². The summed E-state index contributed by atoms with van der Waals surface area (Å²) in [5.41, 5.74) is 7.43. The summed E-state index contributed by atoms with van der Waals surface area (Å²) in [6.45, 7) is 6.53. The fourth-order valence-electron chi connectivity index (χ4n) is 3.83. The lowest BCUT2D eigenvalue weighted by molar-refractivity contribution is -0.130. The number of hydrogen-bond acceptors (Lipinski definition) is 4. The van der Waals surface area contributed by atoms with Crippen molar-refractivity contribution in [1.82, 2.24) is 15.8 Å². The van der Waals surface area contributed by atoms with Crippen LogP contribution in [0.2, 0.25) is 0 Å². The van der Waals surface area contributed by atoms with Crippen molar-refractivity contribution in [2.45, 2.75) is 32.1 Å². The highest BCUT2D eigenvalue weighted by atomic mass is 16.2. The molecule has 6 nitrogen and oxygen atoms in total. The number of carbonyl (C=O) groups is 2. The molecule has 0 aromatic heterocycles. The highest BCUT2D eigenvalue weighted by Gasteiger charge is 2.21. The van der Waals surface area contributed by atoms with E-state index in [-0.39, 0.29) is 17.7 Å². The zero-order chi connectivity index (χ0) is 21.2. The average Bonchev–Trinajstić information content (AvgIpc) is 2.81. The smallest absolute Gasteiger partial charge is 0.245 e. The number of piperazine rings is 1. The van der Waals surface area contributed by atoms with Gasteiger partial charge in [0.25, 0.3) is 0 Å². The fraction of sp³-hybridized carbons (Fsp3) is 0.417. The van der Waals surface area contributed by atoms with Crippen LogP contribution in [0.25, 0.3) is 0 Å². The van der Waals surface area contributed by atoms with Crippen LogP contribution in [-0.4, -0.2) is 49.4 Å². The summed E-state index contributed by atoms with van der Waals surface area (Å²) in [6, 6.07) is 20.1. The Hall–Kier alpha value is -2.86. The molecule has 1 aliphatic rings. The van der Waals surface area contributed by atoms with Crippen molar-refractivity contribution in [1.29, 1.82) is 0 Å². The molecule has 2 N–H and O–H groups in total. The lowest BCUT2D eigenvalue weighted by Gasteiger charge is -2.36. The van der Waals surface area contributed by atoms with Crippen LogP contribution in [0.15, 0.2) is 60.7 Å². The molecular weight excluding hydrogens is 376 g/mol. The minimum atomic E-state index is -0.248. The maximum Gasteiger partial charge on any atom is 0.245 e. The molecular formula is C24H32N4O2. The zero-order valence-corrected chi connectivity index (χ0v) is 17.7. The van der Waals surface area contributed by atoms with Gasteiger partial charge in [0.15, 0.2) is 0 Å². The van der Waals surface area contributed by atoms with E-state index >= 15 is 0 Å². The molecule has 1 unspecified atom stereocenters. The first kappa shape index (κ1) is 21.8. The standard InChI is InChI=1S/C24H32N4O2/c1-2-9-22(20-10-5-3-6-11-20)24(30)26-25-23(29)14-15-27-16-18-28(19-17-27)21-12-7-4-8-13-21/h3-8,10-13,22H,2,9,14-19H2,1H3,(H,25,29)(H,26,30). The number of benzene rings is 2. The van der Waals surface area contributed by atoms with Crippen LogP contribution in [0, 0.1) is 0 Å². The number of nitrogens with one attached hydrogen (secondary N) is 2. The molecule has 2 aromatic rings. The summed E-state index contributed by atoms with van der Waals surface area (Å²) >= 11 is 0. The van der Waals surface area contributed by atoms with Gasteiger partial charge in [0, 0.05) is 44.8 Å². The van der Waals surface area contributed by atoms with Gasteiger partial charge >= 0.3 is 0 Å².